The highest BCUT2D eigenvalue weighted by Crippen LogP contribution is 2.14. The quantitative estimate of drug-likeness (QED) is 0.745. The molecule has 2 rings (SSSR count). The van der Waals surface area contributed by atoms with Crippen molar-refractivity contribution in [1.29, 1.82) is 0 Å². The smallest absolute Gasteiger partial charge is 0.137 e. The maximum atomic E-state index is 4.23. The lowest BCUT2D eigenvalue weighted by Crippen LogP contribution is -2.11. The zero-order valence-electron chi connectivity index (χ0n) is 7.67. The van der Waals surface area contributed by atoms with Gasteiger partial charge >= 0.3 is 0 Å². The van der Waals surface area contributed by atoms with E-state index in [-0.39, 0.29) is 0 Å². The predicted molar refractivity (Wildman–Crippen MR) is 53.5 cm³/mol. The third kappa shape index (κ3) is 1.55. The first-order valence-corrected chi connectivity index (χ1v) is 4.53. The molecule has 3 nitrogen and oxygen atoms in total. The summed E-state index contributed by atoms with van der Waals surface area (Å²) in [6.45, 7) is 4.01. The summed E-state index contributed by atoms with van der Waals surface area (Å²) in [5.74, 6) is 0. The first-order valence-electron chi connectivity index (χ1n) is 4.53. The molecule has 2 heterocycles. The Kier molecular flexibility index (Phi) is 2.27. The van der Waals surface area contributed by atoms with Crippen molar-refractivity contribution >= 4 is 11.0 Å². The van der Waals surface area contributed by atoms with Crippen LogP contribution in [0.5, 0.6) is 0 Å². The molecule has 0 aliphatic carbocycles. The monoisotopic (exact) mass is 175 g/mol. The van der Waals surface area contributed by atoms with Crippen molar-refractivity contribution in [3.05, 3.63) is 30.1 Å². The van der Waals surface area contributed by atoms with E-state index in [0.717, 1.165) is 18.7 Å². The van der Waals surface area contributed by atoms with Crippen molar-refractivity contribution in [2.75, 3.05) is 6.54 Å². The highest BCUT2D eigenvalue weighted by Gasteiger charge is 2.00. The minimum Gasteiger partial charge on any atom is -0.346 e. The number of hydrogen-bond acceptors (Lipinski definition) is 2. The van der Waals surface area contributed by atoms with Crippen LogP contribution in [-0.4, -0.2) is 16.5 Å². The van der Waals surface area contributed by atoms with Crippen LogP contribution in [0.4, 0.5) is 0 Å². The van der Waals surface area contributed by atoms with Gasteiger partial charge in [-0.05, 0) is 24.2 Å². The number of aromatic nitrogens is 2. The number of H-pyrrole nitrogens is 1. The van der Waals surface area contributed by atoms with Crippen molar-refractivity contribution < 1.29 is 0 Å². The van der Waals surface area contributed by atoms with Gasteiger partial charge in [0.15, 0.2) is 0 Å². The number of nitrogens with zero attached hydrogens (tertiary/aromatic N) is 1. The van der Waals surface area contributed by atoms with Crippen LogP contribution in [-0.2, 0) is 6.54 Å². The SMILES string of the molecule is CCNCc1ccnc2[nH]ccc12. The second kappa shape index (κ2) is 3.58. The van der Waals surface area contributed by atoms with E-state index in [1.807, 2.05) is 12.4 Å². The summed E-state index contributed by atoms with van der Waals surface area (Å²) in [4.78, 5) is 7.32. The molecule has 2 N–H and O–H groups in total. The van der Waals surface area contributed by atoms with Gasteiger partial charge in [-0.3, -0.25) is 0 Å². The summed E-state index contributed by atoms with van der Waals surface area (Å²) in [7, 11) is 0. The maximum absolute atomic E-state index is 4.23. The van der Waals surface area contributed by atoms with E-state index < -0.39 is 0 Å². The molecule has 2 aromatic heterocycles. The fraction of sp³-hybridized carbons (Fsp3) is 0.300. The number of hydrogen-bond donors (Lipinski definition) is 2. The molecule has 0 bridgehead atoms. The van der Waals surface area contributed by atoms with Crippen molar-refractivity contribution in [2.45, 2.75) is 13.5 Å². The molecule has 0 fully saturated rings. The summed E-state index contributed by atoms with van der Waals surface area (Å²) in [5.41, 5.74) is 2.27. The van der Waals surface area contributed by atoms with Crippen LogP contribution in [0.3, 0.4) is 0 Å². The Morgan fingerprint density at radius 3 is 3.23 bits per heavy atom. The van der Waals surface area contributed by atoms with E-state index in [0.29, 0.717) is 0 Å². The molecule has 0 atom stereocenters. The average molecular weight is 175 g/mol. The van der Waals surface area contributed by atoms with Crippen LogP contribution >= 0.6 is 0 Å². The number of fused-ring (bicyclic) bond motifs is 1. The highest BCUT2D eigenvalue weighted by atomic mass is 14.9. The highest BCUT2D eigenvalue weighted by molar-refractivity contribution is 5.78. The van der Waals surface area contributed by atoms with Crippen molar-refractivity contribution in [1.82, 2.24) is 15.3 Å². The molecular formula is C10H13N3. The van der Waals surface area contributed by atoms with Crippen molar-refractivity contribution in [3.8, 4) is 0 Å². The zero-order valence-corrected chi connectivity index (χ0v) is 7.67. The molecule has 0 amide bonds. The lowest BCUT2D eigenvalue weighted by Gasteiger charge is -2.02. The topological polar surface area (TPSA) is 40.7 Å². The summed E-state index contributed by atoms with van der Waals surface area (Å²) in [6, 6.07) is 4.12. The minimum absolute atomic E-state index is 0.910. The molecule has 68 valence electrons. The summed E-state index contributed by atoms with van der Waals surface area (Å²) < 4.78 is 0. The molecular weight excluding hydrogens is 162 g/mol. The maximum Gasteiger partial charge on any atom is 0.137 e. The Labute approximate surface area is 77.2 Å². The van der Waals surface area contributed by atoms with Gasteiger partial charge in [0.2, 0.25) is 0 Å². The fourth-order valence-electron chi connectivity index (χ4n) is 1.43. The molecule has 0 unspecified atom stereocenters. The van der Waals surface area contributed by atoms with E-state index >= 15 is 0 Å². The third-order valence-electron chi connectivity index (χ3n) is 2.12. The molecule has 0 aliphatic rings. The fourth-order valence-corrected chi connectivity index (χ4v) is 1.43. The summed E-state index contributed by atoms with van der Waals surface area (Å²) in [6.07, 6.45) is 3.76. The van der Waals surface area contributed by atoms with Crippen LogP contribution in [0, 0.1) is 0 Å². The van der Waals surface area contributed by atoms with Crippen LogP contribution in [0.1, 0.15) is 12.5 Å². The van der Waals surface area contributed by atoms with Gasteiger partial charge in [0.05, 0.1) is 0 Å². The predicted octanol–water partition coefficient (Wildman–Crippen LogP) is 1.67. The molecule has 0 aromatic carbocycles. The van der Waals surface area contributed by atoms with Gasteiger partial charge in [-0.25, -0.2) is 4.98 Å². The van der Waals surface area contributed by atoms with Gasteiger partial charge in [0.25, 0.3) is 0 Å². The second-order valence-corrected chi connectivity index (χ2v) is 2.99. The molecule has 3 heteroatoms. The standard InChI is InChI=1S/C10H13N3/c1-2-11-7-8-3-5-12-10-9(8)4-6-13-10/h3-6,11H,2,7H2,1H3,(H,12,13). The van der Waals surface area contributed by atoms with E-state index in [1.165, 1.54) is 10.9 Å². The summed E-state index contributed by atoms with van der Waals surface area (Å²) in [5, 5.41) is 4.52. The first-order chi connectivity index (χ1) is 6.42. The molecule has 2 aromatic rings. The van der Waals surface area contributed by atoms with Crippen molar-refractivity contribution in [3.63, 3.8) is 0 Å². The Balaban J connectivity index is 2.37. The van der Waals surface area contributed by atoms with Gasteiger partial charge in [-0.2, -0.15) is 0 Å². The number of nitrogens with one attached hydrogen (secondary N) is 2. The molecule has 0 spiro atoms. The molecule has 0 saturated heterocycles. The van der Waals surface area contributed by atoms with Gasteiger partial charge in [-0.1, -0.05) is 6.92 Å². The molecule has 0 saturated carbocycles. The first kappa shape index (κ1) is 8.26. The second-order valence-electron chi connectivity index (χ2n) is 2.99. The zero-order chi connectivity index (χ0) is 9.10. The third-order valence-corrected chi connectivity index (χ3v) is 2.12. The molecule has 13 heavy (non-hydrogen) atoms. The normalized spacial score (nSPS) is 10.8. The molecule has 0 radical (unpaired) electrons. The van der Waals surface area contributed by atoms with Crippen LogP contribution in [0.2, 0.25) is 0 Å². The van der Waals surface area contributed by atoms with E-state index in [2.05, 4.69) is 34.3 Å². The van der Waals surface area contributed by atoms with Crippen LogP contribution in [0.15, 0.2) is 24.5 Å². The minimum atomic E-state index is 0.910. The average Bonchev–Trinajstić information content (AvgIpc) is 2.62. The summed E-state index contributed by atoms with van der Waals surface area (Å²) >= 11 is 0. The van der Waals surface area contributed by atoms with Gasteiger partial charge in [0, 0.05) is 24.3 Å². The Morgan fingerprint density at radius 2 is 2.38 bits per heavy atom. The van der Waals surface area contributed by atoms with E-state index in [4.69, 9.17) is 0 Å². The largest absolute Gasteiger partial charge is 0.346 e. The number of rotatable bonds is 3. The lowest BCUT2D eigenvalue weighted by molar-refractivity contribution is 0.730. The van der Waals surface area contributed by atoms with Gasteiger partial charge < -0.3 is 10.3 Å². The van der Waals surface area contributed by atoms with E-state index in [1.54, 1.807) is 0 Å². The van der Waals surface area contributed by atoms with Crippen molar-refractivity contribution in [2.24, 2.45) is 0 Å². The van der Waals surface area contributed by atoms with Crippen LogP contribution < -0.4 is 5.32 Å². The number of aromatic amines is 1. The van der Waals surface area contributed by atoms with Crippen LogP contribution in [0.25, 0.3) is 11.0 Å². The van der Waals surface area contributed by atoms with E-state index in [9.17, 15) is 0 Å². The number of pyridine rings is 1. The lowest BCUT2D eigenvalue weighted by atomic mass is 10.2. The van der Waals surface area contributed by atoms with Gasteiger partial charge in [0.1, 0.15) is 5.65 Å². The molecule has 0 aliphatic heterocycles. The Morgan fingerprint density at radius 1 is 1.46 bits per heavy atom. The Hall–Kier alpha value is -1.35. The Bertz CT molecular complexity index is 392. The van der Waals surface area contributed by atoms with Gasteiger partial charge in [-0.15, -0.1) is 0 Å².